The molecule has 32 heavy (non-hydrogen) atoms. The molecule has 0 aromatic heterocycles. The second-order valence-corrected chi connectivity index (χ2v) is 10.5. The van der Waals surface area contributed by atoms with Gasteiger partial charge in [-0.15, -0.1) is 0 Å². The number of carbonyl (C=O) groups is 1. The summed E-state index contributed by atoms with van der Waals surface area (Å²) in [7, 11) is 0. The second-order valence-electron chi connectivity index (χ2n) is 9.64. The van der Waals surface area contributed by atoms with E-state index < -0.39 is 0 Å². The van der Waals surface area contributed by atoms with Crippen molar-refractivity contribution in [2.24, 2.45) is 5.41 Å². The number of carbonyl (C=O) groups excluding carboxylic acids is 1. The van der Waals surface area contributed by atoms with E-state index in [1.54, 1.807) is 12.1 Å². The molecule has 3 aliphatic rings. The minimum Gasteiger partial charge on any atom is -0.355 e. The van der Waals surface area contributed by atoms with Gasteiger partial charge in [-0.1, -0.05) is 54.2 Å². The Kier molecular flexibility index (Phi) is 6.21. The highest BCUT2D eigenvalue weighted by atomic mass is 35.5. The van der Waals surface area contributed by atoms with Crippen LogP contribution in [0.5, 0.6) is 0 Å². The van der Waals surface area contributed by atoms with Crippen LogP contribution in [0.4, 0.5) is 4.39 Å². The maximum Gasteiger partial charge on any atom is 0.227 e. The van der Waals surface area contributed by atoms with Gasteiger partial charge in [-0.25, -0.2) is 4.39 Å². The highest BCUT2D eigenvalue weighted by molar-refractivity contribution is 6.42. The average Bonchev–Trinajstić information content (AvgIpc) is 3.12. The topological polar surface area (TPSA) is 32.3 Å². The lowest BCUT2D eigenvalue weighted by Gasteiger charge is -2.47. The first-order valence-electron chi connectivity index (χ1n) is 11.7. The lowest BCUT2D eigenvalue weighted by molar-refractivity contribution is -0.131. The Hall–Kier alpha value is -1.62. The van der Waals surface area contributed by atoms with Crippen molar-refractivity contribution in [2.45, 2.75) is 56.4 Å². The zero-order valence-electron chi connectivity index (χ0n) is 18.1. The van der Waals surface area contributed by atoms with Crippen molar-refractivity contribution < 1.29 is 9.18 Å². The summed E-state index contributed by atoms with van der Waals surface area (Å²) in [6.07, 6.45) is 6.45. The van der Waals surface area contributed by atoms with E-state index in [1.807, 2.05) is 30.3 Å². The fourth-order valence-electron chi connectivity index (χ4n) is 6.37. The molecule has 2 saturated heterocycles. The van der Waals surface area contributed by atoms with E-state index in [0.717, 1.165) is 44.3 Å². The Bertz CT molecular complexity index is 988. The summed E-state index contributed by atoms with van der Waals surface area (Å²) >= 11 is 12.4. The van der Waals surface area contributed by atoms with Crippen LogP contribution in [0.25, 0.3) is 0 Å². The van der Waals surface area contributed by atoms with Crippen LogP contribution in [0.1, 0.15) is 61.5 Å². The summed E-state index contributed by atoms with van der Waals surface area (Å²) in [5.41, 5.74) is 1.95. The quantitative estimate of drug-likeness (QED) is 0.577. The number of rotatable bonds is 3. The van der Waals surface area contributed by atoms with Gasteiger partial charge < -0.3 is 5.32 Å². The smallest absolute Gasteiger partial charge is 0.227 e. The van der Waals surface area contributed by atoms with Gasteiger partial charge in [0.1, 0.15) is 5.82 Å². The summed E-state index contributed by atoms with van der Waals surface area (Å²) in [6.45, 7) is 2.47. The molecule has 2 aromatic carbocycles. The number of piperidine rings is 1. The predicted molar refractivity (Wildman–Crippen MR) is 127 cm³/mol. The molecule has 1 aliphatic carbocycles. The van der Waals surface area contributed by atoms with E-state index in [2.05, 4.69) is 10.2 Å². The van der Waals surface area contributed by atoms with Crippen molar-refractivity contribution in [1.82, 2.24) is 10.2 Å². The first-order chi connectivity index (χ1) is 15.5. The van der Waals surface area contributed by atoms with Crippen molar-refractivity contribution in [3.8, 4) is 0 Å². The molecule has 2 unspecified atom stereocenters. The van der Waals surface area contributed by atoms with Gasteiger partial charge in [0.25, 0.3) is 0 Å². The largest absolute Gasteiger partial charge is 0.355 e. The third kappa shape index (κ3) is 3.95. The SMILES string of the molecule is O=C1NC[C@H](c2ccc(Cl)c(Cl)c2)C12CCN(C1CCCCC1c1ccc(F)cc1)CC2. The second kappa shape index (κ2) is 8.96. The summed E-state index contributed by atoms with van der Waals surface area (Å²) < 4.78 is 13.5. The molecule has 2 aliphatic heterocycles. The van der Waals surface area contributed by atoms with Crippen LogP contribution >= 0.6 is 23.2 Å². The Balaban J connectivity index is 1.35. The number of amides is 1. The van der Waals surface area contributed by atoms with Crippen molar-refractivity contribution in [1.29, 1.82) is 0 Å². The third-order valence-corrected chi connectivity index (χ3v) is 8.86. The van der Waals surface area contributed by atoms with Gasteiger partial charge >= 0.3 is 0 Å². The fourth-order valence-corrected chi connectivity index (χ4v) is 6.67. The van der Waals surface area contributed by atoms with E-state index in [1.165, 1.54) is 18.4 Å². The van der Waals surface area contributed by atoms with E-state index in [9.17, 15) is 9.18 Å². The van der Waals surface area contributed by atoms with Gasteiger partial charge in [0.2, 0.25) is 5.91 Å². The van der Waals surface area contributed by atoms with Gasteiger partial charge in [0.15, 0.2) is 0 Å². The molecule has 0 bridgehead atoms. The zero-order chi connectivity index (χ0) is 22.3. The van der Waals surface area contributed by atoms with Crippen molar-refractivity contribution in [3.63, 3.8) is 0 Å². The first kappa shape index (κ1) is 22.2. The molecule has 170 valence electrons. The molecular formula is C26H29Cl2FN2O. The van der Waals surface area contributed by atoms with E-state index in [0.29, 0.717) is 28.5 Å². The van der Waals surface area contributed by atoms with Gasteiger partial charge in [-0.05, 0) is 80.1 Å². The fraction of sp³-hybridized carbons (Fsp3) is 0.500. The summed E-state index contributed by atoms with van der Waals surface area (Å²) in [5.74, 6) is 0.543. The van der Waals surface area contributed by atoms with Crippen LogP contribution in [0.15, 0.2) is 42.5 Å². The van der Waals surface area contributed by atoms with Gasteiger partial charge in [-0.3, -0.25) is 9.69 Å². The number of benzene rings is 2. The molecule has 5 rings (SSSR count). The normalized spacial score (nSPS) is 28.1. The van der Waals surface area contributed by atoms with Gasteiger partial charge in [0.05, 0.1) is 15.5 Å². The third-order valence-electron chi connectivity index (χ3n) is 8.12. The van der Waals surface area contributed by atoms with Crippen molar-refractivity contribution >= 4 is 29.1 Å². The Morgan fingerprint density at radius 3 is 2.34 bits per heavy atom. The zero-order valence-corrected chi connectivity index (χ0v) is 19.6. The number of nitrogens with one attached hydrogen (secondary N) is 1. The minimum atomic E-state index is -0.381. The Morgan fingerprint density at radius 1 is 0.938 bits per heavy atom. The van der Waals surface area contributed by atoms with Crippen LogP contribution in [-0.4, -0.2) is 36.5 Å². The molecule has 1 spiro atoms. The molecule has 1 saturated carbocycles. The maximum absolute atomic E-state index is 13.5. The molecule has 6 heteroatoms. The summed E-state index contributed by atoms with van der Waals surface area (Å²) in [6, 6.07) is 13.3. The number of hydrogen-bond acceptors (Lipinski definition) is 2. The molecule has 1 N–H and O–H groups in total. The summed E-state index contributed by atoms with van der Waals surface area (Å²) in [4.78, 5) is 15.7. The minimum absolute atomic E-state index is 0.117. The van der Waals surface area contributed by atoms with E-state index >= 15 is 0 Å². The van der Waals surface area contributed by atoms with Gasteiger partial charge in [0, 0.05) is 18.5 Å². The maximum atomic E-state index is 13.5. The molecule has 2 heterocycles. The molecule has 3 atom stereocenters. The predicted octanol–water partition coefficient (Wildman–Crippen LogP) is 6.15. The first-order valence-corrected chi connectivity index (χ1v) is 12.5. The van der Waals surface area contributed by atoms with E-state index in [-0.39, 0.29) is 23.1 Å². The molecule has 1 amide bonds. The van der Waals surface area contributed by atoms with Gasteiger partial charge in [-0.2, -0.15) is 0 Å². The number of halogens is 3. The Labute approximate surface area is 199 Å². The lowest BCUT2D eigenvalue weighted by atomic mass is 9.67. The standard InChI is InChI=1S/C26H29Cl2FN2O/c27-22-10-7-18(15-23(22)28)21-16-30-25(32)26(21)11-13-31(14-12-26)24-4-2-1-3-20(24)17-5-8-19(29)9-6-17/h5-10,15,20-21,24H,1-4,11-14,16H2,(H,30,32)/t20?,21-,24?/m1/s1. The number of nitrogens with zero attached hydrogens (tertiary/aromatic N) is 1. The Morgan fingerprint density at radius 2 is 1.62 bits per heavy atom. The summed E-state index contributed by atoms with van der Waals surface area (Å²) in [5, 5.41) is 4.21. The van der Waals surface area contributed by atoms with Crippen LogP contribution in [0, 0.1) is 11.2 Å². The molecular weight excluding hydrogens is 446 g/mol. The molecule has 3 fully saturated rings. The van der Waals surface area contributed by atoms with Crippen LogP contribution in [-0.2, 0) is 4.79 Å². The van der Waals surface area contributed by atoms with Crippen molar-refractivity contribution in [2.75, 3.05) is 19.6 Å². The van der Waals surface area contributed by atoms with E-state index in [4.69, 9.17) is 23.2 Å². The lowest BCUT2D eigenvalue weighted by Crippen LogP contribution is -2.51. The number of likely N-dealkylation sites (tertiary alicyclic amines) is 1. The number of hydrogen-bond donors (Lipinski definition) is 1. The molecule has 0 radical (unpaired) electrons. The highest BCUT2D eigenvalue weighted by Crippen LogP contribution is 2.49. The highest BCUT2D eigenvalue weighted by Gasteiger charge is 2.52. The monoisotopic (exact) mass is 474 g/mol. The molecule has 2 aromatic rings. The average molecular weight is 475 g/mol. The van der Waals surface area contributed by atoms with Crippen LogP contribution in [0.3, 0.4) is 0 Å². The van der Waals surface area contributed by atoms with Crippen molar-refractivity contribution in [3.05, 3.63) is 69.5 Å². The van der Waals surface area contributed by atoms with Crippen LogP contribution in [0.2, 0.25) is 10.0 Å². The molecule has 3 nitrogen and oxygen atoms in total. The van der Waals surface area contributed by atoms with Crippen LogP contribution < -0.4 is 5.32 Å².